The van der Waals surface area contributed by atoms with Crippen molar-refractivity contribution in [3.63, 3.8) is 0 Å². The number of nitrogens with zero attached hydrogens (tertiary/aromatic N) is 3. The number of aryl methyl sites for hydroxylation is 4. The minimum Gasteiger partial charge on any atom is -0.355 e. The maximum Gasteiger partial charge on any atom is 0.248 e. The maximum absolute atomic E-state index is 13.6. The van der Waals surface area contributed by atoms with Gasteiger partial charge in [-0.2, -0.15) is 4.31 Å². The number of aromatic nitrogens is 2. The van der Waals surface area contributed by atoms with Crippen molar-refractivity contribution in [2.45, 2.75) is 45.4 Å². The number of carbonyl (C=O) groups excluding carboxylic acids is 1. The van der Waals surface area contributed by atoms with Gasteiger partial charge in [0, 0.05) is 19.3 Å². The standard InChI is InChI=1S/C26H30N4O4S/c1-17-7-9-19(3)21(14-17)10-11-23-25(20(4)29-34-23)35(32,33)30-13-5-6-22(16-30)26(31)28-24-12-8-18(2)15-27-24/h7-12,14-15,22H,5-6,13,16H2,1-4H3,(H,27,28,31). The number of pyridine rings is 1. The van der Waals surface area contributed by atoms with Crippen molar-refractivity contribution in [1.82, 2.24) is 14.4 Å². The molecule has 0 radical (unpaired) electrons. The summed E-state index contributed by atoms with van der Waals surface area (Å²) >= 11 is 0. The molecule has 1 aliphatic rings. The normalized spacial score (nSPS) is 17.1. The van der Waals surface area contributed by atoms with Crippen LogP contribution in [-0.4, -0.2) is 41.9 Å². The first kappa shape index (κ1) is 24.8. The number of sulfonamides is 1. The van der Waals surface area contributed by atoms with Crippen LogP contribution in [0, 0.1) is 33.6 Å². The van der Waals surface area contributed by atoms with Gasteiger partial charge in [-0.05, 0) is 69.4 Å². The third-order valence-electron chi connectivity index (χ3n) is 6.20. The van der Waals surface area contributed by atoms with E-state index < -0.39 is 15.9 Å². The molecular formula is C26H30N4O4S. The molecule has 1 N–H and O–H groups in total. The summed E-state index contributed by atoms with van der Waals surface area (Å²) in [5, 5.41) is 6.73. The highest BCUT2D eigenvalue weighted by molar-refractivity contribution is 7.89. The highest BCUT2D eigenvalue weighted by Gasteiger charge is 2.37. The highest BCUT2D eigenvalue weighted by atomic mass is 32.2. The predicted octanol–water partition coefficient (Wildman–Crippen LogP) is 4.51. The lowest BCUT2D eigenvalue weighted by molar-refractivity contribution is -0.120. The van der Waals surface area contributed by atoms with Crippen LogP contribution in [0.15, 0.2) is 45.9 Å². The number of amides is 1. The molecule has 1 atom stereocenters. The first-order chi connectivity index (χ1) is 16.6. The first-order valence-corrected chi connectivity index (χ1v) is 13.0. The fraction of sp³-hybridized carbons (Fsp3) is 0.346. The van der Waals surface area contributed by atoms with E-state index in [2.05, 4.69) is 15.5 Å². The van der Waals surface area contributed by atoms with E-state index in [0.29, 0.717) is 30.9 Å². The highest BCUT2D eigenvalue weighted by Crippen LogP contribution is 2.30. The van der Waals surface area contributed by atoms with Crippen molar-refractivity contribution in [3.8, 4) is 0 Å². The third kappa shape index (κ3) is 5.52. The molecule has 0 spiro atoms. The summed E-state index contributed by atoms with van der Waals surface area (Å²) in [6, 6.07) is 9.67. The van der Waals surface area contributed by atoms with Gasteiger partial charge in [0.25, 0.3) is 0 Å². The van der Waals surface area contributed by atoms with Crippen LogP contribution >= 0.6 is 0 Å². The number of carbonyl (C=O) groups is 1. The number of piperidine rings is 1. The molecular weight excluding hydrogens is 464 g/mol. The Hall–Kier alpha value is -3.30. The summed E-state index contributed by atoms with van der Waals surface area (Å²) < 4.78 is 34.0. The topological polar surface area (TPSA) is 105 Å². The summed E-state index contributed by atoms with van der Waals surface area (Å²) in [4.78, 5) is 17.1. The molecule has 1 aliphatic heterocycles. The minimum atomic E-state index is -3.92. The second kappa shape index (κ2) is 10.1. The predicted molar refractivity (Wildman–Crippen MR) is 135 cm³/mol. The molecule has 1 aromatic carbocycles. The van der Waals surface area contributed by atoms with Crippen LogP contribution in [0.25, 0.3) is 12.2 Å². The van der Waals surface area contributed by atoms with E-state index in [9.17, 15) is 13.2 Å². The second-order valence-corrected chi connectivity index (χ2v) is 10.9. The van der Waals surface area contributed by atoms with Gasteiger partial charge in [-0.1, -0.05) is 41.1 Å². The minimum absolute atomic E-state index is 0.0420. The Morgan fingerprint density at radius 1 is 1.11 bits per heavy atom. The molecule has 0 aliphatic carbocycles. The average Bonchev–Trinajstić information content (AvgIpc) is 3.22. The van der Waals surface area contributed by atoms with Crippen LogP contribution in [0.5, 0.6) is 0 Å². The quantitative estimate of drug-likeness (QED) is 0.540. The Balaban J connectivity index is 1.55. The number of anilines is 1. The van der Waals surface area contributed by atoms with E-state index in [4.69, 9.17) is 4.52 Å². The molecule has 1 amide bonds. The monoisotopic (exact) mass is 494 g/mol. The van der Waals surface area contributed by atoms with E-state index in [1.165, 1.54) is 4.31 Å². The first-order valence-electron chi connectivity index (χ1n) is 11.6. The summed E-state index contributed by atoms with van der Waals surface area (Å²) in [5.74, 6) is -0.0813. The Kier molecular flexibility index (Phi) is 7.18. The van der Waals surface area contributed by atoms with Crippen molar-refractivity contribution in [3.05, 3.63) is 70.2 Å². The fourth-order valence-corrected chi connectivity index (χ4v) is 5.95. The number of benzene rings is 1. The van der Waals surface area contributed by atoms with Crippen molar-refractivity contribution in [1.29, 1.82) is 0 Å². The Bertz CT molecular complexity index is 1360. The van der Waals surface area contributed by atoms with E-state index in [1.807, 2.05) is 51.1 Å². The maximum atomic E-state index is 13.6. The zero-order chi connectivity index (χ0) is 25.2. The van der Waals surface area contributed by atoms with E-state index in [0.717, 1.165) is 22.3 Å². The van der Waals surface area contributed by atoms with Crippen LogP contribution in [0.3, 0.4) is 0 Å². The average molecular weight is 495 g/mol. The zero-order valence-corrected chi connectivity index (χ0v) is 21.2. The molecule has 8 nitrogen and oxygen atoms in total. The van der Waals surface area contributed by atoms with Gasteiger partial charge < -0.3 is 9.84 Å². The lowest BCUT2D eigenvalue weighted by Gasteiger charge is -2.31. The number of hydrogen-bond acceptors (Lipinski definition) is 6. The van der Waals surface area contributed by atoms with Gasteiger partial charge in [0.2, 0.25) is 15.9 Å². The van der Waals surface area contributed by atoms with Gasteiger partial charge in [-0.15, -0.1) is 0 Å². The number of nitrogens with one attached hydrogen (secondary N) is 1. The molecule has 1 saturated heterocycles. The summed E-state index contributed by atoms with van der Waals surface area (Å²) in [7, 11) is -3.92. The van der Waals surface area contributed by atoms with Crippen molar-refractivity contribution in [2.75, 3.05) is 18.4 Å². The van der Waals surface area contributed by atoms with Crippen molar-refractivity contribution >= 4 is 33.9 Å². The zero-order valence-electron chi connectivity index (χ0n) is 20.4. The van der Waals surface area contributed by atoms with Gasteiger partial charge in [0.1, 0.15) is 11.5 Å². The molecule has 184 valence electrons. The summed E-state index contributed by atoms with van der Waals surface area (Å²) in [5.41, 5.74) is 4.43. The molecule has 35 heavy (non-hydrogen) atoms. The Labute approximate surface area is 206 Å². The molecule has 1 fully saturated rings. The fourth-order valence-electron chi connectivity index (χ4n) is 4.18. The SMILES string of the molecule is Cc1ccc(NC(=O)C2CCCN(S(=O)(=O)c3c(C)noc3C=Cc3cc(C)ccc3C)C2)nc1. The van der Waals surface area contributed by atoms with E-state index in [1.54, 1.807) is 25.3 Å². The van der Waals surface area contributed by atoms with Crippen molar-refractivity contribution in [2.24, 2.45) is 5.92 Å². The lowest BCUT2D eigenvalue weighted by atomic mass is 9.99. The second-order valence-electron chi connectivity index (χ2n) is 9.07. The van der Waals surface area contributed by atoms with Crippen LogP contribution in [0.1, 0.15) is 46.5 Å². The third-order valence-corrected chi connectivity index (χ3v) is 8.22. The van der Waals surface area contributed by atoms with Crippen LogP contribution < -0.4 is 5.32 Å². The van der Waals surface area contributed by atoms with Gasteiger partial charge in [-0.3, -0.25) is 4.79 Å². The van der Waals surface area contributed by atoms with Gasteiger partial charge >= 0.3 is 0 Å². The van der Waals surface area contributed by atoms with E-state index in [-0.39, 0.29) is 23.1 Å². The molecule has 4 rings (SSSR count). The largest absolute Gasteiger partial charge is 0.355 e. The Morgan fingerprint density at radius 2 is 1.89 bits per heavy atom. The molecule has 9 heteroatoms. The lowest BCUT2D eigenvalue weighted by Crippen LogP contribution is -2.44. The molecule has 3 heterocycles. The molecule has 0 saturated carbocycles. The smallest absolute Gasteiger partial charge is 0.248 e. The van der Waals surface area contributed by atoms with Gasteiger partial charge in [-0.25, -0.2) is 13.4 Å². The van der Waals surface area contributed by atoms with Crippen LogP contribution in [-0.2, 0) is 14.8 Å². The molecule has 2 aromatic heterocycles. The van der Waals surface area contributed by atoms with Crippen LogP contribution in [0.2, 0.25) is 0 Å². The molecule has 3 aromatic rings. The summed E-state index contributed by atoms with van der Waals surface area (Å²) in [6.45, 7) is 7.95. The number of rotatable bonds is 6. The van der Waals surface area contributed by atoms with E-state index >= 15 is 0 Å². The Morgan fingerprint density at radius 3 is 2.63 bits per heavy atom. The van der Waals surface area contributed by atoms with Gasteiger partial charge in [0.15, 0.2) is 10.7 Å². The molecule has 0 bridgehead atoms. The van der Waals surface area contributed by atoms with Gasteiger partial charge in [0.05, 0.1) is 5.92 Å². The van der Waals surface area contributed by atoms with Crippen LogP contribution in [0.4, 0.5) is 5.82 Å². The summed E-state index contributed by atoms with van der Waals surface area (Å²) in [6.07, 6.45) is 6.34. The molecule has 1 unspecified atom stereocenters. The number of hydrogen-bond donors (Lipinski definition) is 1. The van der Waals surface area contributed by atoms with Crippen molar-refractivity contribution < 1.29 is 17.7 Å².